The van der Waals surface area contributed by atoms with E-state index in [9.17, 15) is 4.79 Å². The van der Waals surface area contributed by atoms with E-state index in [1.54, 1.807) is 0 Å². The normalized spacial score (nSPS) is 21.3. The fourth-order valence-electron chi connectivity index (χ4n) is 2.55. The van der Waals surface area contributed by atoms with Crippen molar-refractivity contribution in [3.8, 4) is 0 Å². The summed E-state index contributed by atoms with van der Waals surface area (Å²) in [5.41, 5.74) is 5.45. The van der Waals surface area contributed by atoms with Crippen molar-refractivity contribution in [2.24, 2.45) is 5.73 Å². The number of piperazine rings is 1. The van der Waals surface area contributed by atoms with Crippen molar-refractivity contribution >= 4 is 5.91 Å². The van der Waals surface area contributed by atoms with Gasteiger partial charge >= 0.3 is 0 Å². The van der Waals surface area contributed by atoms with E-state index in [1.165, 1.54) is 0 Å². The second kappa shape index (κ2) is 8.48. The van der Waals surface area contributed by atoms with Gasteiger partial charge in [-0.25, -0.2) is 0 Å². The number of nitrogens with zero attached hydrogens (tertiary/aromatic N) is 2. The Morgan fingerprint density at radius 2 is 1.94 bits per heavy atom. The quantitative estimate of drug-likeness (QED) is 0.701. The molecule has 0 spiro atoms. The standard InChI is InChI=1S/C14H29N3O/c1-3-13-12-17(11-10-16(13)2)14(18)8-6-4-5-7-9-15/h13H,3-12,15H2,1-2H3. The van der Waals surface area contributed by atoms with Crippen LogP contribution in [-0.4, -0.2) is 55.0 Å². The Hall–Kier alpha value is -0.610. The van der Waals surface area contributed by atoms with Crippen molar-refractivity contribution in [3.05, 3.63) is 0 Å². The number of hydrogen-bond donors (Lipinski definition) is 1. The maximum atomic E-state index is 12.1. The van der Waals surface area contributed by atoms with Gasteiger partial charge in [0.2, 0.25) is 5.91 Å². The summed E-state index contributed by atoms with van der Waals surface area (Å²) in [5, 5.41) is 0. The molecular formula is C14H29N3O. The first-order chi connectivity index (χ1) is 8.69. The van der Waals surface area contributed by atoms with E-state index >= 15 is 0 Å². The van der Waals surface area contributed by atoms with Gasteiger partial charge in [-0.1, -0.05) is 19.8 Å². The molecule has 0 aromatic heterocycles. The molecule has 4 nitrogen and oxygen atoms in total. The number of unbranched alkanes of at least 4 members (excludes halogenated alkanes) is 3. The fraction of sp³-hybridized carbons (Fsp3) is 0.929. The van der Waals surface area contributed by atoms with E-state index in [2.05, 4.69) is 23.8 Å². The molecule has 0 aromatic carbocycles. The highest BCUT2D eigenvalue weighted by molar-refractivity contribution is 5.76. The van der Waals surface area contributed by atoms with Crippen molar-refractivity contribution in [1.82, 2.24) is 9.80 Å². The van der Waals surface area contributed by atoms with Gasteiger partial charge in [0.1, 0.15) is 0 Å². The molecule has 0 bridgehead atoms. The molecule has 1 atom stereocenters. The summed E-state index contributed by atoms with van der Waals surface area (Å²) >= 11 is 0. The fourth-order valence-corrected chi connectivity index (χ4v) is 2.55. The third-order valence-electron chi connectivity index (χ3n) is 3.95. The van der Waals surface area contributed by atoms with Crippen LogP contribution in [0.5, 0.6) is 0 Å². The third-order valence-corrected chi connectivity index (χ3v) is 3.95. The number of likely N-dealkylation sites (N-methyl/N-ethyl adjacent to an activating group) is 1. The van der Waals surface area contributed by atoms with Crippen LogP contribution < -0.4 is 5.73 Å². The minimum atomic E-state index is 0.342. The second-order valence-electron chi connectivity index (χ2n) is 5.34. The molecule has 1 aliphatic heterocycles. The molecule has 1 unspecified atom stereocenters. The summed E-state index contributed by atoms with van der Waals surface area (Å²) in [7, 11) is 2.16. The molecule has 0 radical (unpaired) electrons. The van der Waals surface area contributed by atoms with E-state index in [0.29, 0.717) is 18.4 Å². The van der Waals surface area contributed by atoms with Crippen LogP contribution in [0.25, 0.3) is 0 Å². The van der Waals surface area contributed by atoms with Crippen molar-refractivity contribution in [3.63, 3.8) is 0 Å². The summed E-state index contributed by atoms with van der Waals surface area (Å²) in [6, 6.07) is 0.542. The predicted octanol–water partition coefficient (Wildman–Crippen LogP) is 1.45. The zero-order valence-electron chi connectivity index (χ0n) is 12.0. The van der Waals surface area contributed by atoms with E-state index in [0.717, 1.165) is 58.3 Å². The lowest BCUT2D eigenvalue weighted by atomic mass is 10.1. The number of rotatable bonds is 7. The zero-order chi connectivity index (χ0) is 13.4. The summed E-state index contributed by atoms with van der Waals surface area (Å²) in [5.74, 6) is 0.342. The molecule has 1 amide bonds. The van der Waals surface area contributed by atoms with Crippen LogP contribution in [0.4, 0.5) is 0 Å². The van der Waals surface area contributed by atoms with Crippen LogP contribution in [0.2, 0.25) is 0 Å². The topological polar surface area (TPSA) is 49.6 Å². The summed E-state index contributed by atoms with van der Waals surface area (Å²) in [6.45, 7) is 5.78. The first-order valence-electron chi connectivity index (χ1n) is 7.37. The van der Waals surface area contributed by atoms with Crippen molar-refractivity contribution < 1.29 is 4.79 Å². The Labute approximate surface area is 111 Å². The van der Waals surface area contributed by atoms with Crippen molar-refractivity contribution in [2.45, 2.75) is 51.5 Å². The lowest BCUT2D eigenvalue weighted by molar-refractivity contribution is -0.134. The first-order valence-corrected chi connectivity index (χ1v) is 7.37. The largest absolute Gasteiger partial charge is 0.340 e. The highest BCUT2D eigenvalue weighted by Gasteiger charge is 2.25. The minimum Gasteiger partial charge on any atom is -0.340 e. The lowest BCUT2D eigenvalue weighted by Gasteiger charge is -2.39. The van der Waals surface area contributed by atoms with Gasteiger partial charge in [-0.3, -0.25) is 9.69 Å². The summed E-state index contributed by atoms with van der Waals surface area (Å²) < 4.78 is 0. The molecule has 4 heteroatoms. The molecule has 1 fully saturated rings. The average molecular weight is 255 g/mol. The van der Waals surface area contributed by atoms with Gasteiger partial charge < -0.3 is 10.6 Å². The maximum Gasteiger partial charge on any atom is 0.222 e. The number of carbonyl (C=O) groups is 1. The molecule has 1 heterocycles. The van der Waals surface area contributed by atoms with Gasteiger partial charge in [-0.15, -0.1) is 0 Å². The first kappa shape index (κ1) is 15.4. The van der Waals surface area contributed by atoms with Crippen LogP contribution in [0.15, 0.2) is 0 Å². The Bertz CT molecular complexity index is 245. The molecule has 0 aliphatic carbocycles. The molecule has 106 valence electrons. The molecule has 1 rings (SSSR count). The Morgan fingerprint density at radius 1 is 1.22 bits per heavy atom. The van der Waals surface area contributed by atoms with Crippen LogP contribution in [-0.2, 0) is 4.79 Å². The second-order valence-corrected chi connectivity index (χ2v) is 5.34. The highest BCUT2D eigenvalue weighted by Crippen LogP contribution is 2.13. The zero-order valence-corrected chi connectivity index (χ0v) is 12.0. The van der Waals surface area contributed by atoms with E-state index in [4.69, 9.17) is 5.73 Å². The molecule has 18 heavy (non-hydrogen) atoms. The van der Waals surface area contributed by atoms with Crippen molar-refractivity contribution in [1.29, 1.82) is 0 Å². The summed E-state index contributed by atoms with van der Waals surface area (Å²) in [4.78, 5) is 16.5. The Balaban J connectivity index is 2.21. The van der Waals surface area contributed by atoms with E-state index < -0.39 is 0 Å². The monoisotopic (exact) mass is 255 g/mol. The van der Waals surface area contributed by atoms with Gasteiger partial charge in [0.05, 0.1) is 0 Å². The van der Waals surface area contributed by atoms with Gasteiger partial charge in [-0.2, -0.15) is 0 Å². The number of nitrogens with two attached hydrogens (primary N) is 1. The van der Waals surface area contributed by atoms with Crippen LogP contribution in [0.3, 0.4) is 0 Å². The molecule has 2 N–H and O–H groups in total. The number of hydrogen-bond acceptors (Lipinski definition) is 3. The molecular weight excluding hydrogens is 226 g/mol. The van der Waals surface area contributed by atoms with E-state index in [-0.39, 0.29) is 0 Å². The minimum absolute atomic E-state index is 0.342. The molecule has 0 aromatic rings. The Morgan fingerprint density at radius 3 is 2.61 bits per heavy atom. The van der Waals surface area contributed by atoms with Gasteiger partial charge in [0, 0.05) is 32.1 Å². The lowest BCUT2D eigenvalue weighted by Crippen LogP contribution is -2.52. The Kier molecular flexibility index (Phi) is 7.28. The van der Waals surface area contributed by atoms with Crippen LogP contribution in [0.1, 0.15) is 45.4 Å². The molecule has 0 saturated carbocycles. The van der Waals surface area contributed by atoms with Gasteiger partial charge in [0.25, 0.3) is 0 Å². The number of carbonyl (C=O) groups excluding carboxylic acids is 1. The highest BCUT2D eigenvalue weighted by atomic mass is 16.2. The third kappa shape index (κ3) is 4.94. The van der Waals surface area contributed by atoms with Gasteiger partial charge in [-0.05, 0) is 32.9 Å². The predicted molar refractivity (Wildman–Crippen MR) is 75.4 cm³/mol. The van der Waals surface area contributed by atoms with Crippen LogP contribution in [0, 0.1) is 0 Å². The molecule has 1 saturated heterocycles. The van der Waals surface area contributed by atoms with Gasteiger partial charge in [0.15, 0.2) is 0 Å². The average Bonchev–Trinajstić information content (AvgIpc) is 2.38. The van der Waals surface area contributed by atoms with Crippen LogP contribution >= 0.6 is 0 Å². The number of amides is 1. The summed E-state index contributed by atoms with van der Waals surface area (Å²) in [6.07, 6.45) is 6.22. The van der Waals surface area contributed by atoms with E-state index in [1.807, 2.05) is 0 Å². The molecule has 1 aliphatic rings. The van der Waals surface area contributed by atoms with Crippen molar-refractivity contribution in [2.75, 3.05) is 33.2 Å². The SMILES string of the molecule is CCC1CN(C(=O)CCCCCCN)CCN1C. The smallest absolute Gasteiger partial charge is 0.222 e. The maximum absolute atomic E-state index is 12.1.